The summed E-state index contributed by atoms with van der Waals surface area (Å²) in [6.07, 6.45) is 2.35. The maximum absolute atomic E-state index is 10.4. The van der Waals surface area contributed by atoms with Crippen molar-refractivity contribution in [2.24, 2.45) is 0 Å². The first-order chi connectivity index (χ1) is 4.68. The van der Waals surface area contributed by atoms with E-state index >= 15 is 0 Å². The number of carbonyl (C=O) groups is 2. The molecule has 0 unspecified atom stereocenters. The quantitative estimate of drug-likeness (QED) is 0.462. The molecule has 1 N–H and O–H groups in total. The molecule has 0 atom stereocenters. The van der Waals surface area contributed by atoms with E-state index in [2.05, 4.69) is 6.92 Å². The van der Waals surface area contributed by atoms with Crippen LogP contribution in [0.5, 0.6) is 0 Å². The summed E-state index contributed by atoms with van der Waals surface area (Å²) in [4.78, 5) is 20.3. The molecule has 3 heteroatoms. The van der Waals surface area contributed by atoms with Gasteiger partial charge in [-0.15, -0.1) is 0 Å². The molecule has 0 aliphatic carbocycles. The molecule has 0 aromatic rings. The number of hydrogen-bond donors (Lipinski definition) is 1. The van der Waals surface area contributed by atoms with Gasteiger partial charge in [-0.3, -0.25) is 4.79 Å². The highest BCUT2D eigenvalue weighted by atomic mass is 16.4. The van der Waals surface area contributed by atoms with Gasteiger partial charge in [-0.2, -0.15) is 0 Å². The van der Waals surface area contributed by atoms with Crippen LogP contribution in [0.25, 0.3) is 0 Å². The summed E-state index contributed by atoms with van der Waals surface area (Å²) in [5, 5.41) is 8.12. The van der Waals surface area contributed by atoms with Gasteiger partial charge in [0, 0.05) is 6.42 Å². The van der Waals surface area contributed by atoms with E-state index in [-0.39, 0.29) is 6.42 Å². The maximum Gasteiger partial charge on any atom is 0.372 e. The highest BCUT2D eigenvalue weighted by Crippen LogP contribution is 1.98. The van der Waals surface area contributed by atoms with Gasteiger partial charge >= 0.3 is 5.97 Å². The molecule has 0 saturated carbocycles. The van der Waals surface area contributed by atoms with Crippen molar-refractivity contribution in [3.05, 3.63) is 6.92 Å². The number of carbonyl (C=O) groups excluding carboxylic acids is 1. The molecule has 0 aliphatic heterocycles. The summed E-state index contributed by atoms with van der Waals surface area (Å²) in [6, 6.07) is 0. The minimum Gasteiger partial charge on any atom is -0.476 e. The first-order valence-electron chi connectivity index (χ1n) is 3.24. The molecule has 57 valence electrons. The zero-order valence-electron chi connectivity index (χ0n) is 5.80. The molecule has 0 bridgehead atoms. The van der Waals surface area contributed by atoms with Crippen LogP contribution in [0.1, 0.15) is 25.7 Å². The van der Waals surface area contributed by atoms with Gasteiger partial charge in [0.05, 0.1) is 0 Å². The number of unbranched alkanes of at least 4 members (excludes halogenated alkanes) is 2. The lowest BCUT2D eigenvalue weighted by Crippen LogP contribution is -2.11. The van der Waals surface area contributed by atoms with E-state index in [0.717, 1.165) is 12.8 Å². The predicted molar refractivity (Wildman–Crippen MR) is 36.5 cm³/mol. The van der Waals surface area contributed by atoms with Crippen molar-refractivity contribution in [3.63, 3.8) is 0 Å². The van der Waals surface area contributed by atoms with Gasteiger partial charge in [0.15, 0.2) is 0 Å². The molecule has 0 aromatic carbocycles. The average Bonchev–Trinajstić information content (AvgIpc) is 1.88. The van der Waals surface area contributed by atoms with Crippen LogP contribution in [-0.4, -0.2) is 16.9 Å². The lowest BCUT2D eigenvalue weighted by molar-refractivity contribution is -0.149. The lowest BCUT2D eigenvalue weighted by atomic mass is 10.1. The maximum atomic E-state index is 10.4. The number of hydrogen-bond acceptors (Lipinski definition) is 2. The van der Waals surface area contributed by atoms with Crippen LogP contribution in [0.15, 0.2) is 0 Å². The zero-order chi connectivity index (χ0) is 7.98. The molecule has 3 nitrogen and oxygen atoms in total. The Labute approximate surface area is 60.0 Å². The fraction of sp³-hybridized carbons (Fsp3) is 0.571. The van der Waals surface area contributed by atoms with Crippen molar-refractivity contribution in [2.75, 3.05) is 0 Å². The van der Waals surface area contributed by atoms with Crippen molar-refractivity contribution >= 4 is 11.8 Å². The summed E-state index contributed by atoms with van der Waals surface area (Å²) < 4.78 is 0. The Morgan fingerprint density at radius 3 is 2.30 bits per heavy atom. The fourth-order valence-corrected chi connectivity index (χ4v) is 0.569. The molecule has 0 aliphatic rings. The molecule has 0 rings (SSSR count). The summed E-state index contributed by atoms with van der Waals surface area (Å²) in [7, 11) is 0. The fourth-order valence-electron chi connectivity index (χ4n) is 0.569. The minimum absolute atomic E-state index is 0.144. The summed E-state index contributed by atoms with van der Waals surface area (Å²) in [5.74, 6) is -2.03. The first kappa shape index (κ1) is 9.14. The van der Waals surface area contributed by atoms with Gasteiger partial charge < -0.3 is 5.11 Å². The first-order valence-corrected chi connectivity index (χ1v) is 3.24. The third kappa shape index (κ3) is 4.06. The molecule has 0 aromatic heterocycles. The molecule has 0 saturated heterocycles. The van der Waals surface area contributed by atoms with Crippen molar-refractivity contribution in [3.8, 4) is 0 Å². The molecular formula is C7H11O3. The second-order valence-corrected chi connectivity index (χ2v) is 2.04. The summed E-state index contributed by atoms with van der Waals surface area (Å²) in [6.45, 7) is 3.57. The SMILES string of the molecule is [CH2]CCCCC(=O)C(=O)O. The second kappa shape index (κ2) is 4.97. The van der Waals surface area contributed by atoms with Gasteiger partial charge in [0.1, 0.15) is 0 Å². The third-order valence-electron chi connectivity index (χ3n) is 1.14. The normalized spacial score (nSPS) is 9.30. The van der Waals surface area contributed by atoms with E-state index in [4.69, 9.17) is 5.11 Å². The van der Waals surface area contributed by atoms with E-state index < -0.39 is 11.8 Å². The van der Waals surface area contributed by atoms with Gasteiger partial charge in [-0.05, 0) is 6.42 Å². The Morgan fingerprint density at radius 2 is 1.90 bits per heavy atom. The zero-order valence-corrected chi connectivity index (χ0v) is 5.80. The number of aliphatic carboxylic acids is 1. The van der Waals surface area contributed by atoms with E-state index in [1.54, 1.807) is 0 Å². The number of ketones is 1. The molecule has 0 fully saturated rings. The van der Waals surface area contributed by atoms with Crippen molar-refractivity contribution in [1.29, 1.82) is 0 Å². The van der Waals surface area contributed by atoms with Crippen LogP contribution in [-0.2, 0) is 9.59 Å². The van der Waals surface area contributed by atoms with Crippen LogP contribution in [0.2, 0.25) is 0 Å². The van der Waals surface area contributed by atoms with Crippen LogP contribution in [0.4, 0.5) is 0 Å². The van der Waals surface area contributed by atoms with Gasteiger partial charge in [0.25, 0.3) is 0 Å². The highest BCUT2D eigenvalue weighted by Gasteiger charge is 2.08. The Hall–Kier alpha value is -0.860. The largest absolute Gasteiger partial charge is 0.476 e. The standard InChI is InChI=1S/C7H11O3/c1-2-3-4-5-6(8)7(9)10/h1-5H2,(H,9,10). The van der Waals surface area contributed by atoms with Crippen LogP contribution in [0.3, 0.4) is 0 Å². The number of carboxylic acids is 1. The monoisotopic (exact) mass is 143 g/mol. The van der Waals surface area contributed by atoms with Gasteiger partial charge in [-0.1, -0.05) is 19.8 Å². The summed E-state index contributed by atoms with van der Waals surface area (Å²) >= 11 is 0. The van der Waals surface area contributed by atoms with Crippen molar-refractivity contribution in [1.82, 2.24) is 0 Å². The molecule has 0 spiro atoms. The average molecular weight is 143 g/mol. The Kier molecular flexibility index (Phi) is 4.54. The molecule has 0 heterocycles. The van der Waals surface area contributed by atoms with E-state index in [1.165, 1.54) is 0 Å². The second-order valence-electron chi connectivity index (χ2n) is 2.04. The minimum atomic E-state index is -1.33. The number of carboxylic acid groups (broad SMARTS) is 1. The Balaban J connectivity index is 3.31. The molecular weight excluding hydrogens is 132 g/mol. The molecule has 10 heavy (non-hydrogen) atoms. The Bertz CT molecular complexity index is 129. The number of Topliss-reactive ketones (excluding diaryl/α,β-unsaturated/α-hetero) is 1. The van der Waals surface area contributed by atoms with Crippen LogP contribution >= 0.6 is 0 Å². The molecule has 0 amide bonds. The third-order valence-corrected chi connectivity index (χ3v) is 1.14. The van der Waals surface area contributed by atoms with Gasteiger partial charge in [0.2, 0.25) is 5.78 Å². The predicted octanol–water partition coefficient (Wildman–Crippen LogP) is 1.03. The van der Waals surface area contributed by atoms with Crippen molar-refractivity contribution < 1.29 is 14.7 Å². The van der Waals surface area contributed by atoms with E-state index in [1.807, 2.05) is 0 Å². The smallest absolute Gasteiger partial charge is 0.372 e. The lowest BCUT2D eigenvalue weighted by Gasteiger charge is -1.92. The Morgan fingerprint density at radius 1 is 1.30 bits per heavy atom. The van der Waals surface area contributed by atoms with Gasteiger partial charge in [-0.25, -0.2) is 4.79 Å². The van der Waals surface area contributed by atoms with Crippen LogP contribution in [0, 0.1) is 6.92 Å². The summed E-state index contributed by atoms with van der Waals surface area (Å²) in [5.41, 5.74) is 0. The van der Waals surface area contributed by atoms with Crippen molar-refractivity contribution in [2.45, 2.75) is 25.7 Å². The molecule has 1 radical (unpaired) electrons. The highest BCUT2D eigenvalue weighted by molar-refractivity contribution is 6.32. The number of rotatable bonds is 5. The topological polar surface area (TPSA) is 54.4 Å². The van der Waals surface area contributed by atoms with E-state index in [0.29, 0.717) is 6.42 Å². The van der Waals surface area contributed by atoms with Crippen LogP contribution < -0.4 is 0 Å². The van der Waals surface area contributed by atoms with E-state index in [9.17, 15) is 9.59 Å².